The van der Waals surface area contributed by atoms with E-state index in [9.17, 15) is 12.8 Å². The van der Waals surface area contributed by atoms with Crippen LogP contribution in [-0.4, -0.2) is 20.8 Å². The number of rotatable bonds is 7. The van der Waals surface area contributed by atoms with Gasteiger partial charge in [0.15, 0.2) is 0 Å². The van der Waals surface area contributed by atoms with Crippen LogP contribution in [-0.2, 0) is 10.0 Å². The minimum atomic E-state index is -3.77. The van der Waals surface area contributed by atoms with Gasteiger partial charge in [0.05, 0.1) is 0 Å². The van der Waals surface area contributed by atoms with Crippen molar-refractivity contribution in [2.75, 3.05) is 12.4 Å². The van der Waals surface area contributed by atoms with Crippen molar-refractivity contribution >= 4 is 37.6 Å². The maximum absolute atomic E-state index is 13.5. The number of unbranched alkanes of at least 4 members (excludes halogenated alkanes) is 2. The van der Waals surface area contributed by atoms with Gasteiger partial charge >= 0.3 is 0 Å². The minimum absolute atomic E-state index is 0.286. The molecule has 0 saturated carbocycles. The van der Waals surface area contributed by atoms with E-state index < -0.39 is 15.8 Å². The van der Waals surface area contributed by atoms with E-state index in [1.807, 2.05) is 0 Å². The molecule has 0 unspecified atom stereocenters. The smallest absolute Gasteiger partial charge is 0.211 e. The lowest BCUT2D eigenvalue weighted by atomic mass is 10.2. The summed E-state index contributed by atoms with van der Waals surface area (Å²) in [5.74, 6) is -0.202. The van der Waals surface area contributed by atoms with Crippen molar-refractivity contribution in [1.29, 1.82) is 0 Å². The second-order valence-electron chi connectivity index (χ2n) is 3.72. The molecule has 0 radical (unpaired) electrons. The first-order chi connectivity index (χ1) is 8.47. The first-order valence-electron chi connectivity index (χ1n) is 5.48. The summed E-state index contributed by atoms with van der Waals surface area (Å²) < 4.78 is 40.0. The Hall–Kier alpha value is -0.170. The normalized spacial score (nSPS) is 11.7. The van der Waals surface area contributed by atoms with Gasteiger partial charge in [-0.15, -0.1) is 11.6 Å². The standard InChI is InChI=1S/C11H14BrClFNO2S/c12-9-4-5-11(10(14)8-9)18(16,17)15-7-3-1-2-6-13/h4-5,8,15H,1-3,6-7H2. The van der Waals surface area contributed by atoms with Gasteiger partial charge in [-0.3, -0.25) is 0 Å². The molecule has 102 valence electrons. The summed E-state index contributed by atoms with van der Waals surface area (Å²) in [5.41, 5.74) is 0. The highest BCUT2D eigenvalue weighted by Gasteiger charge is 2.18. The number of halogens is 3. The molecular weight excluding hydrogens is 345 g/mol. The third kappa shape index (κ3) is 4.84. The van der Waals surface area contributed by atoms with Crippen molar-refractivity contribution in [2.45, 2.75) is 24.2 Å². The van der Waals surface area contributed by atoms with Crippen LogP contribution in [0.5, 0.6) is 0 Å². The van der Waals surface area contributed by atoms with Gasteiger partial charge in [0.2, 0.25) is 10.0 Å². The Morgan fingerprint density at radius 2 is 2.00 bits per heavy atom. The van der Waals surface area contributed by atoms with Crippen LogP contribution >= 0.6 is 27.5 Å². The molecule has 7 heteroatoms. The highest BCUT2D eigenvalue weighted by Crippen LogP contribution is 2.19. The predicted molar refractivity (Wildman–Crippen MR) is 73.9 cm³/mol. The Morgan fingerprint density at radius 1 is 1.28 bits per heavy atom. The topological polar surface area (TPSA) is 46.2 Å². The van der Waals surface area contributed by atoms with Crippen LogP contribution in [0, 0.1) is 5.82 Å². The van der Waals surface area contributed by atoms with Gasteiger partial charge in [0, 0.05) is 16.9 Å². The Kier molecular flexibility index (Phi) is 6.55. The number of nitrogens with one attached hydrogen (secondary N) is 1. The number of hydrogen-bond acceptors (Lipinski definition) is 2. The predicted octanol–water partition coefficient (Wildman–Crippen LogP) is 3.28. The summed E-state index contributed by atoms with van der Waals surface area (Å²) in [6.07, 6.45) is 2.37. The molecular formula is C11H14BrClFNO2S. The molecule has 0 saturated heterocycles. The van der Waals surface area contributed by atoms with Gasteiger partial charge in [0.1, 0.15) is 10.7 Å². The van der Waals surface area contributed by atoms with E-state index in [0.717, 1.165) is 18.9 Å². The molecule has 0 heterocycles. The second-order valence-corrected chi connectivity index (χ2v) is 6.75. The van der Waals surface area contributed by atoms with Gasteiger partial charge in [-0.1, -0.05) is 22.4 Å². The molecule has 1 aromatic rings. The first-order valence-corrected chi connectivity index (χ1v) is 8.29. The number of benzene rings is 1. The zero-order valence-corrected chi connectivity index (χ0v) is 12.8. The molecule has 0 aliphatic carbocycles. The fourth-order valence-corrected chi connectivity index (χ4v) is 3.03. The Balaban J connectivity index is 2.63. The highest BCUT2D eigenvalue weighted by atomic mass is 79.9. The lowest BCUT2D eigenvalue weighted by Crippen LogP contribution is -2.25. The number of alkyl halides is 1. The van der Waals surface area contributed by atoms with Crippen LogP contribution in [0.25, 0.3) is 0 Å². The molecule has 0 spiro atoms. The van der Waals surface area contributed by atoms with Crippen molar-refractivity contribution in [3.05, 3.63) is 28.5 Å². The summed E-state index contributed by atoms with van der Waals surface area (Å²) in [4.78, 5) is -0.331. The van der Waals surface area contributed by atoms with E-state index in [4.69, 9.17) is 11.6 Å². The quantitative estimate of drug-likeness (QED) is 0.600. The lowest BCUT2D eigenvalue weighted by molar-refractivity contribution is 0.553. The number of hydrogen-bond donors (Lipinski definition) is 1. The fourth-order valence-electron chi connectivity index (χ4n) is 1.37. The first kappa shape index (κ1) is 15.9. The fraction of sp³-hybridized carbons (Fsp3) is 0.455. The molecule has 1 rings (SSSR count). The molecule has 0 aliphatic heterocycles. The van der Waals surface area contributed by atoms with Crippen LogP contribution in [0.15, 0.2) is 27.6 Å². The van der Waals surface area contributed by atoms with Gasteiger partial charge in [-0.2, -0.15) is 0 Å². The molecule has 0 amide bonds. The summed E-state index contributed by atoms with van der Waals surface area (Å²) in [6.45, 7) is 0.286. The lowest BCUT2D eigenvalue weighted by Gasteiger charge is -2.07. The average molecular weight is 359 g/mol. The zero-order valence-electron chi connectivity index (χ0n) is 9.63. The van der Waals surface area contributed by atoms with E-state index in [0.29, 0.717) is 16.8 Å². The van der Waals surface area contributed by atoms with Crippen molar-refractivity contribution < 1.29 is 12.8 Å². The zero-order chi connectivity index (χ0) is 13.6. The van der Waals surface area contributed by atoms with E-state index in [1.54, 1.807) is 0 Å². The molecule has 0 aromatic heterocycles. The maximum Gasteiger partial charge on any atom is 0.243 e. The monoisotopic (exact) mass is 357 g/mol. The van der Waals surface area contributed by atoms with E-state index in [2.05, 4.69) is 20.7 Å². The largest absolute Gasteiger partial charge is 0.243 e. The molecule has 18 heavy (non-hydrogen) atoms. The second kappa shape index (κ2) is 7.43. The van der Waals surface area contributed by atoms with E-state index in [1.165, 1.54) is 12.1 Å². The molecule has 1 N–H and O–H groups in total. The third-order valence-corrected chi connectivity index (χ3v) is 4.54. The van der Waals surface area contributed by atoms with E-state index >= 15 is 0 Å². The van der Waals surface area contributed by atoms with Gasteiger partial charge < -0.3 is 0 Å². The summed E-state index contributed by atoms with van der Waals surface area (Å²) in [7, 11) is -3.77. The SMILES string of the molecule is O=S(=O)(NCCCCCCl)c1ccc(Br)cc1F. The Labute approximate surface area is 120 Å². The van der Waals surface area contributed by atoms with Crippen LogP contribution < -0.4 is 4.72 Å². The maximum atomic E-state index is 13.5. The highest BCUT2D eigenvalue weighted by molar-refractivity contribution is 9.10. The average Bonchev–Trinajstić information content (AvgIpc) is 2.28. The van der Waals surface area contributed by atoms with Gasteiger partial charge in [-0.05, 0) is 31.0 Å². The summed E-state index contributed by atoms with van der Waals surface area (Å²) in [5, 5.41) is 0. The van der Waals surface area contributed by atoms with Crippen molar-refractivity contribution in [3.8, 4) is 0 Å². The molecule has 0 fully saturated rings. The van der Waals surface area contributed by atoms with E-state index in [-0.39, 0.29) is 11.4 Å². The molecule has 0 aliphatic rings. The third-order valence-electron chi connectivity index (χ3n) is 2.29. The van der Waals surface area contributed by atoms with Crippen LogP contribution in [0.3, 0.4) is 0 Å². The van der Waals surface area contributed by atoms with Crippen LogP contribution in [0.4, 0.5) is 4.39 Å². The molecule has 0 atom stereocenters. The molecule has 3 nitrogen and oxygen atoms in total. The minimum Gasteiger partial charge on any atom is -0.211 e. The Bertz CT molecular complexity index is 496. The van der Waals surface area contributed by atoms with Crippen molar-refractivity contribution in [2.24, 2.45) is 0 Å². The Morgan fingerprint density at radius 3 is 2.61 bits per heavy atom. The van der Waals surface area contributed by atoms with Gasteiger partial charge in [-0.25, -0.2) is 17.5 Å². The van der Waals surface area contributed by atoms with Crippen molar-refractivity contribution in [3.63, 3.8) is 0 Å². The van der Waals surface area contributed by atoms with Crippen molar-refractivity contribution in [1.82, 2.24) is 4.72 Å². The molecule has 1 aromatic carbocycles. The number of sulfonamides is 1. The summed E-state index contributed by atoms with van der Waals surface area (Å²) in [6, 6.07) is 3.85. The van der Waals surface area contributed by atoms with Crippen LogP contribution in [0.2, 0.25) is 0 Å². The summed E-state index contributed by atoms with van der Waals surface area (Å²) >= 11 is 8.59. The molecule has 0 bridgehead atoms. The van der Waals surface area contributed by atoms with Crippen LogP contribution in [0.1, 0.15) is 19.3 Å². The van der Waals surface area contributed by atoms with Gasteiger partial charge in [0.25, 0.3) is 0 Å².